The van der Waals surface area contributed by atoms with Crippen LogP contribution >= 0.6 is 0 Å². The minimum absolute atomic E-state index is 0.530. The molecule has 3 aromatic rings. The van der Waals surface area contributed by atoms with Gasteiger partial charge in [-0.05, 0) is 46.9 Å². The van der Waals surface area contributed by atoms with E-state index >= 15 is 0 Å². The number of aromatic nitrogens is 1. The lowest BCUT2D eigenvalue weighted by Gasteiger charge is -2.28. The number of hydrogen-bond donors (Lipinski definition) is 1. The van der Waals surface area contributed by atoms with Gasteiger partial charge in [-0.15, -0.1) is 0 Å². The summed E-state index contributed by atoms with van der Waals surface area (Å²) in [7, 11) is 0.529. The van der Waals surface area contributed by atoms with E-state index < -0.39 is 9.92 Å². The molecule has 7 heteroatoms. The fourth-order valence-corrected chi connectivity index (χ4v) is 4.55. The van der Waals surface area contributed by atoms with E-state index in [0.717, 1.165) is 34.0 Å². The van der Waals surface area contributed by atoms with Crippen molar-refractivity contribution in [3.05, 3.63) is 53.7 Å². The minimum atomic E-state index is -2.70. The number of nitrogens with zero attached hydrogens (tertiary/aromatic N) is 2. The van der Waals surface area contributed by atoms with Crippen LogP contribution in [0.3, 0.4) is 0 Å². The highest BCUT2D eigenvalue weighted by atomic mass is 32.2. The van der Waals surface area contributed by atoms with Gasteiger partial charge in [0.15, 0.2) is 11.5 Å². The number of rotatable bonds is 4. The zero-order chi connectivity index (χ0) is 19.9. The van der Waals surface area contributed by atoms with Crippen molar-refractivity contribution in [2.75, 3.05) is 27.0 Å². The Hall–Kier alpha value is -2.64. The molecule has 0 saturated heterocycles. The molecule has 1 aromatic heterocycles. The Labute approximate surface area is 165 Å². The molecule has 1 aliphatic heterocycles. The van der Waals surface area contributed by atoms with Gasteiger partial charge in [0.1, 0.15) is 9.92 Å². The first kappa shape index (κ1) is 18.7. The van der Waals surface area contributed by atoms with Gasteiger partial charge in [-0.25, -0.2) is 13.3 Å². The zero-order valence-corrected chi connectivity index (χ0v) is 17.0. The lowest BCUT2D eigenvalue weighted by atomic mass is 9.94. The fraction of sp³-hybridized carbons (Fsp3) is 0.286. The van der Waals surface area contributed by atoms with Crippen LogP contribution in [0.1, 0.15) is 11.1 Å². The van der Waals surface area contributed by atoms with Crippen molar-refractivity contribution in [1.29, 1.82) is 4.78 Å². The number of methoxy groups -OCH3 is 2. The topological polar surface area (TPSA) is 75.5 Å². The van der Waals surface area contributed by atoms with E-state index in [1.165, 1.54) is 11.8 Å². The predicted octanol–water partition coefficient (Wildman–Crippen LogP) is 3.87. The van der Waals surface area contributed by atoms with Gasteiger partial charge in [0.05, 0.1) is 19.7 Å². The molecule has 6 nitrogen and oxygen atoms in total. The summed E-state index contributed by atoms with van der Waals surface area (Å²) in [5.41, 5.74) is 5.32. The fourth-order valence-electron chi connectivity index (χ4n) is 3.72. The number of hydrogen-bond acceptors (Lipinski definition) is 5. The molecule has 146 valence electrons. The Kier molecular flexibility index (Phi) is 4.72. The van der Waals surface area contributed by atoms with Gasteiger partial charge in [-0.3, -0.25) is 4.98 Å². The molecule has 0 radical (unpaired) electrons. The molecular weight excluding hydrogens is 374 g/mol. The molecule has 4 rings (SSSR count). The first-order valence-electron chi connectivity index (χ1n) is 9.02. The summed E-state index contributed by atoms with van der Waals surface area (Å²) in [6.45, 7) is 1.18. The summed E-state index contributed by atoms with van der Waals surface area (Å²) in [6.07, 6.45) is 4.08. The largest absolute Gasteiger partial charge is 0.493 e. The van der Waals surface area contributed by atoms with Gasteiger partial charge in [-0.2, -0.15) is 0 Å². The van der Waals surface area contributed by atoms with Crippen molar-refractivity contribution in [2.45, 2.75) is 13.0 Å². The van der Waals surface area contributed by atoms with Gasteiger partial charge >= 0.3 is 0 Å². The molecule has 28 heavy (non-hydrogen) atoms. The second kappa shape index (κ2) is 7.07. The highest BCUT2D eigenvalue weighted by Crippen LogP contribution is 2.37. The van der Waals surface area contributed by atoms with Crippen LogP contribution in [0.5, 0.6) is 11.5 Å². The van der Waals surface area contributed by atoms with E-state index in [9.17, 15) is 4.21 Å². The quantitative estimate of drug-likeness (QED) is 0.725. The van der Waals surface area contributed by atoms with Crippen LogP contribution in [-0.2, 0) is 22.9 Å². The predicted molar refractivity (Wildman–Crippen MR) is 111 cm³/mol. The van der Waals surface area contributed by atoms with Gasteiger partial charge in [-0.1, -0.05) is 12.1 Å². The second-order valence-corrected chi connectivity index (χ2v) is 9.10. The Balaban J connectivity index is 1.83. The van der Waals surface area contributed by atoms with E-state index in [2.05, 4.69) is 23.2 Å². The van der Waals surface area contributed by atoms with Crippen LogP contribution < -0.4 is 9.47 Å². The maximum Gasteiger partial charge on any atom is 0.162 e. The second-order valence-electron chi connectivity index (χ2n) is 6.98. The van der Waals surface area contributed by atoms with Gasteiger partial charge in [0, 0.05) is 37.0 Å². The van der Waals surface area contributed by atoms with Crippen molar-refractivity contribution < 1.29 is 13.7 Å². The highest BCUT2D eigenvalue weighted by molar-refractivity contribution is 7.89. The van der Waals surface area contributed by atoms with Crippen molar-refractivity contribution in [2.24, 2.45) is 0 Å². The molecule has 0 bridgehead atoms. The van der Waals surface area contributed by atoms with Crippen molar-refractivity contribution in [3.63, 3.8) is 0 Å². The minimum Gasteiger partial charge on any atom is -0.493 e. The SMILES string of the molecule is COc1cc2nccc(-c3ccc4c(c3)CN([S@@](C)(=N)=O)CC4)c2cc1OC. The monoisotopic (exact) mass is 397 g/mol. The van der Waals surface area contributed by atoms with E-state index in [-0.39, 0.29) is 0 Å². The molecule has 0 unspecified atom stereocenters. The third-order valence-electron chi connectivity index (χ3n) is 5.23. The van der Waals surface area contributed by atoms with E-state index in [1.54, 1.807) is 24.7 Å². The molecule has 1 atom stereocenters. The van der Waals surface area contributed by atoms with Crippen LogP contribution in [0.4, 0.5) is 0 Å². The maximum atomic E-state index is 12.2. The first-order chi connectivity index (χ1) is 13.4. The Morgan fingerprint density at radius 2 is 1.82 bits per heavy atom. The average molecular weight is 398 g/mol. The molecule has 0 saturated carbocycles. The van der Waals surface area contributed by atoms with Crippen molar-refractivity contribution in [3.8, 4) is 22.6 Å². The molecule has 0 amide bonds. The van der Waals surface area contributed by atoms with E-state index in [1.807, 2.05) is 18.2 Å². The number of pyridine rings is 1. The van der Waals surface area contributed by atoms with Crippen molar-refractivity contribution in [1.82, 2.24) is 9.29 Å². The van der Waals surface area contributed by atoms with Crippen LogP contribution in [0.15, 0.2) is 42.6 Å². The smallest absolute Gasteiger partial charge is 0.162 e. The summed E-state index contributed by atoms with van der Waals surface area (Å²) in [5, 5.41) is 0.979. The normalized spacial score (nSPS) is 16.4. The molecular formula is C21H23N3O3S. The van der Waals surface area contributed by atoms with Crippen LogP contribution in [0, 0.1) is 4.78 Å². The number of benzene rings is 2. The van der Waals surface area contributed by atoms with Gasteiger partial charge in [0.25, 0.3) is 0 Å². The average Bonchev–Trinajstić information content (AvgIpc) is 2.70. The maximum absolute atomic E-state index is 12.2. The summed E-state index contributed by atoms with van der Waals surface area (Å²) >= 11 is 0. The first-order valence-corrected chi connectivity index (χ1v) is 10.9. The summed E-state index contributed by atoms with van der Waals surface area (Å²) < 4.78 is 32.7. The number of nitrogens with one attached hydrogen (secondary N) is 1. The van der Waals surface area contributed by atoms with E-state index in [0.29, 0.717) is 24.6 Å². The standard InChI is InChI=1S/C21H23N3O3S/c1-26-20-11-18-17(6-8-23-19(18)12-21(20)27-2)15-5-4-14-7-9-24(28(3,22)25)13-16(14)10-15/h4-6,8,10-12,22H,7,9,13H2,1-3H3/t28-/m1/s1. The molecule has 1 aliphatic rings. The summed E-state index contributed by atoms with van der Waals surface area (Å²) in [6, 6.07) is 12.2. The molecule has 0 fully saturated rings. The third kappa shape index (κ3) is 3.31. The molecule has 2 aromatic carbocycles. The Morgan fingerprint density at radius 1 is 1.07 bits per heavy atom. The molecule has 1 N–H and O–H groups in total. The van der Waals surface area contributed by atoms with E-state index in [4.69, 9.17) is 14.3 Å². The van der Waals surface area contributed by atoms with Crippen LogP contribution in [0.2, 0.25) is 0 Å². The van der Waals surface area contributed by atoms with Crippen LogP contribution in [0.25, 0.3) is 22.0 Å². The van der Waals surface area contributed by atoms with Crippen molar-refractivity contribution >= 4 is 20.8 Å². The number of ether oxygens (including phenoxy) is 2. The molecule has 0 aliphatic carbocycles. The van der Waals surface area contributed by atoms with Crippen LogP contribution in [-0.4, -0.2) is 40.5 Å². The van der Waals surface area contributed by atoms with Gasteiger partial charge in [0.2, 0.25) is 0 Å². The summed E-state index contributed by atoms with van der Waals surface area (Å²) in [4.78, 5) is 4.48. The zero-order valence-electron chi connectivity index (χ0n) is 16.2. The summed E-state index contributed by atoms with van der Waals surface area (Å²) in [5.74, 6) is 1.31. The highest BCUT2D eigenvalue weighted by Gasteiger charge is 2.21. The molecule has 2 heterocycles. The Bertz CT molecular complexity index is 1160. The Morgan fingerprint density at radius 3 is 2.54 bits per heavy atom. The lowest BCUT2D eigenvalue weighted by molar-refractivity contribution is 0.356. The molecule has 0 spiro atoms. The third-order valence-corrected chi connectivity index (χ3v) is 6.53. The number of fused-ring (bicyclic) bond motifs is 2. The lowest BCUT2D eigenvalue weighted by Crippen LogP contribution is -2.34. The van der Waals surface area contributed by atoms with Gasteiger partial charge < -0.3 is 9.47 Å².